The largest absolute Gasteiger partial charge is 0.297 e. The number of benzene rings is 3. The Bertz CT molecular complexity index is 933. The molecule has 0 unspecified atom stereocenters. The zero-order valence-corrected chi connectivity index (χ0v) is 15.1. The van der Waals surface area contributed by atoms with Gasteiger partial charge in [0, 0.05) is 34.9 Å². The minimum Gasteiger partial charge on any atom is -0.262 e. The maximum atomic E-state index is 12.3. The van der Waals surface area contributed by atoms with E-state index in [4.69, 9.17) is 4.18 Å². The van der Waals surface area contributed by atoms with Gasteiger partial charge in [0.05, 0.1) is 6.61 Å². The molecule has 3 aromatic carbocycles. The maximum Gasteiger partial charge on any atom is 0.297 e. The minimum absolute atomic E-state index is 0. The first kappa shape index (κ1) is 17.2. The molecule has 0 heterocycles. The molecule has 0 saturated heterocycles. The van der Waals surface area contributed by atoms with Gasteiger partial charge in [-0.05, 0) is 34.4 Å². The predicted molar refractivity (Wildman–Crippen MR) is 90.5 cm³/mol. The van der Waals surface area contributed by atoms with Crippen molar-refractivity contribution in [3.8, 4) is 0 Å². The first-order valence-electron chi connectivity index (χ1n) is 6.54. The Balaban J connectivity index is 0.00000176. The quantitative estimate of drug-likeness (QED) is 0.320. The van der Waals surface area contributed by atoms with E-state index in [1.165, 1.54) is 6.08 Å². The molecule has 0 aliphatic rings. The average molecular weight is 321 g/mol. The molecule has 0 fully saturated rings. The smallest absolute Gasteiger partial charge is 0.262 e. The summed E-state index contributed by atoms with van der Waals surface area (Å²) in [4.78, 5) is 0.188. The van der Waals surface area contributed by atoms with Gasteiger partial charge in [-0.15, -0.1) is 6.58 Å². The van der Waals surface area contributed by atoms with Gasteiger partial charge in [-0.3, -0.25) is 4.18 Å². The molecule has 0 bridgehead atoms. The number of fused-ring (bicyclic) bond motifs is 2. The van der Waals surface area contributed by atoms with Crippen molar-refractivity contribution < 1.29 is 12.6 Å². The fraction of sp³-hybridized carbons (Fsp3) is 0.0588. The van der Waals surface area contributed by atoms with Crippen LogP contribution in [0.2, 0.25) is 0 Å². The van der Waals surface area contributed by atoms with Gasteiger partial charge in [0.2, 0.25) is 0 Å². The summed E-state index contributed by atoms with van der Waals surface area (Å²) in [5.41, 5.74) is 0. The second-order valence-corrected chi connectivity index (χ2v) is 6.29. The van der Waals surface area contributed by atoms with Crippen molar-refractivity contribution in [2.75, 3.05) is 6.61 Å². The first-order chi connectivity index (χ1) is 10.1. The number of hydrogen-bond donors (Lipinski definition) is 0. The second-order valence-electron chi connectivity index (χ2n) is 4.70. The molecular formula is C17H14NaO3S. The van der Waals surface area contributed by atoms with Gasteiger partial charge in [0.15, 0.2) is 0 Å². The van der Waals surface area contributed by atoms with Crippen LogP contribution >= 0.6 is 0 Å². The number of rotatable bonds is 4. The summed E-state index contributed by atoms with van der Waals surface area (Å²) in [6.45, 7) is 3.44. The van der Waals surface area contributed by atoms with E-state index in [1.807, 2.05) is 42.5 Å². The molecule has 0 amide bonds. The Labute approximate surface area is 152 Å². The molecule has 0 N–H and O–H groups in total. The van der Waals surface area contributed by atoms with Crippen molar-refractivity contribution in [3.05, 3.63) is 67.3 Å². The molecule has 5 heteroatoms. The third kappa shape index (κ3) is 3.26. The normalized spacial score (nSPS) is 11.3. The van der Waals surface area contributed by atoms with Gasteiger partial charge in [-0.1, -0.05) is 42.5 Å². The van der Waals surface area contributed by atoms with Crippen LogP contribution < -0.4 is 0 Å². The fourth-order valence-electron chi connectivity index (χ4n) is 2.36. The van der Waals surface area contributed by atoms with Gasteiger partial charge in [-0.25, -0.2) is 0 Å². The molecule has 107 valence electrons. The van der Waals surface area contributed by atoms with E-state index in [1.54, 1.807) is 12.1 Å². The van der Waals surface area contributed by atoms with E-state index in [0.717, 1.165) is 16.2 Å². The molecule has 0 saturated carbocycles. The standard InChI is InChI=1S/C17H14O3S.Na/c1-2-10-20-21(18,19)17-9-5-8-15-11-13-6-3-4-7-14(13)12-16(15)17;/h2-9,11-12H,1,10H2;. The molecule has 0 spiro atoms. The van der Waals surface area contributed by atoms with E-state index < -0.39 is 10.1 Å². The summed E-state index contributed by atoms with van der Waals surface area (Å²) in [7, 11) is -3.79. The average Bonchev–Trinajstić information content (AvgIpc) is 2.50. The zero-order valence-electron chi connectivity index (χ0n) is 12.3. The summed E-state index contributed by atoms with van der Waals surface area (Å²) in [5, 5.41) is 3.61. The third-order valence-corrected chi connectivity index (χ3v) is 4.66. The molecule has 0 aliphatic carbocycles. The molecule has 0 aromatic heterocycles. The van der Waals surface area contributed by atoms with Gasteiger partial charge < -0.3 is 0 Å². The van der Waals surface area contributed by atoms with Crippen LogP contribution in [0.5, 0.6) is 0 Å². The van der Waals surface area contributed by atoms with E-state index in [0.29, 0.717) is 5.39 Å². The number of hydrogen-bond acceptors (Lipinski definition) is 3. The van der Waals surface area contributed by atoms with Crippen LogP contribution in [0.4, 0.5) is 0 Å². The van der Waals surface area contributed by atoms with Crippen LogP contribution in [0.1, 0.15) is 0 Å². The summed E-state index contributed by atoms with van der Waals surface area (Å²) in [6.07, 6.45) is 1.41. The van der Waals surface area contributed by atoms with Crippen LogP contribution in [0.3, 0.4) is 0 Å². The van der Waals surface area contributed by atoms with E-state index >= 15 is 0 Å². The Morgan fingerprint density at radius 2 is 1.59 bits per heavy atom. The van der Waals surface area contributed by atoms with Crippen molar-refractivity contribution in [1.29, 1.82) is 0 Å². The van der Waals surface area contributed by atoms with Crippen LogP contribution in [0.25, 0.3) is 21.5 Å². The predicted octanol–water partition coefficient (Wildman–Crippen LogP) is 3.50. The zero-order chi connectivity index (χ0) is 14.9. The Morgan fingerprint density at radius 1 is 0.955 bits per heavy atom. The van der Waals surface area contributed by atoms with E-state index in [-0.39, 0.29) is 41.1 Å². The molecule has 3 rings (SSSR count). The van der Waals surface area contributed by atoms with Crippen molar-refractivity contribution >= 4 is 61.2 Å². The molecular weight excluding hydrogens is 307 g/mol. The maximum absolute atomic E-state index is 12.3. The molecule has 0 atom stereocenters. The fourth-order valence-corrected chi connectivity index (χ4v) is 3.45. The van der Waals surface area contributed by atoms with Gasteiger partial charge in [0.25, 0.3) is 10.1 Å². The summed E-state index contributed by atoms with van der Waals surface area (Å²) < 4.78 is 29.5. The monoisotopic (exact) mass is 321 g/mol. The molecule has 3 nitrogen and oxygen atoms in total. The van der Waals surface area contributed by atoms with Gasteiger partial charge in [-0.2, -0.15) is 8.42 Å². The summed E-state index contributed by atoms with van der Waals surface area (Å²) in [5.74, 6) is 0. The van der Waals surface area contributed by atoms with E-state index in [2.05, 4.69) is 6.58 Å². The summed E-state index contributed by atoms with van der Waals surface area (Å²) in [6, 6.07) is 16.9. The van der Waals surface area contributed by atoms with Crippen LogP contribution in [0, 0.1) is 0 Å². The molecule has 1 radical (unpaired) electrons. The second kappa shape index (κ2) is 6.94. The van der Waals surface area contributed by atoms with Gasteiger partial charge in [0.1, 0.15) is 4.90 Å². The Morgan fingerprint density at radius 3 is 2.27 bits per heavy atom. The van der Waals surface area contributed by atoms with E-state index in [9.17, 15) is 8.42 Å². The van der Waals surface area contributed by atoms with Crippen molar-refractivity contribution in [2.24, 2.45) is 0 Å². The SMILES string of the molecule is C=CCOS(=O)(=O)c1cccc2cc3ccccc3cc12.[Na]. The van der Waals surface area contributed by atoms with Gasteiger partial charge >= 0.3 is 0 Å². The van der Waals surface area contributed by atoms with Crippen LogP contribution in [0.15, 0.2) is 72.1 Å². The molecule has 0 aliphatic heterocycles. The first-order valence-corrected chi connectivity index (χ1v) is 7.94. The third-order valence-electron chi connectivity index (χ3n) is 3.32. The van der Waals surface area contributed by atoms with Crippen molar-refractivity contribution in [3.63, 3.8) is 0 Å². The minimum atomic E-state index is -3.79. The van der Waals surface area contributed by atoms with Crippen molar-refractivity contribution in [1.82, 2.24) is 0 Å². The molecule has 22 heavy (non-hydrogen) atoms. The Kier molecular flexibility index (Phi) is 5.42. The summed E-state index contributed by atoms with van der Waals surface area (Å²) >= 11 is 0. The topological polar surface area (TPSA) is 43.4 Å². The Hall–Kier alpha value is -1.17. The van der Waals surface area contributed by atoms with Crippen molar-refractivity contribution in [2.45, 2.75) is 4.90 Å². The molecule has 3 aromatic rings. The van der Waals surface area contributed by atoms with Crippen LogP contribution in [-0.2, 0) is 14.3 Å². The van der Waals surface area contributed by atoms with Crippen LogP contribution in [-0.4, -0.2) is 44.6 Å².